The largest absolute Gasteiger partial charge is 0.314 e. The third-order valence-corrected chi connectivity index (χ3v) is 4.26. The van der Waals surface area contributed by atoms with Crippen molar-refractivity contribution in [1.82, 2.24) is 15.1 Å². The molecule has 102 valence electrons. The van der Waals surface area contributed by atoms with Gasteiger partial charge < -0.3 is 5.32 Å². The van der Waals surface area contributed by atoms with Crippen molar-refractivity contribution < 1.29 is 0 Å². The molecule has 1 saturated carbocycles. The predicted octanol–water partition coefficient (Wildman–Crippen LogP) is 3.58. The van der Waals surface area contributed by atoms with Gasteiger partial charge in [0.05, 0.1) is 16.9 Å². The van der Waals surface area contributed by atoms with E-state index in [2.05, 4.69) is 28.9 Å². The van der Waals surface area contributed by atoms with Crippen LogP contribution in [0.3, 0.4) is 0 Å². The topological polar surface area (TPSA) is 29.9 Å². The average Bonchev–Trinajstić information content (AvgIpc) is 2.59. The van der Waals surface area contributed by atoms with E-state index in [1.807, 2.05) is 0 Å². The average molecular weight is 270 g/mol. The van der Waals surface area contributed by atoms with E-state index in [9.17, 15) is 0 Å². The highest BCUT2D eigenvalue weighted by Crippen LogP contribution is 2.35. The van der Waals surface area contributed by atoms with Crippen molar-refractivity contribution in [3.05, 3.63) is 16.9 Å². The second-order valence-electron chi connectivity index (χ2n) is 5.10. The Kier molecular flexibility index (Phi) is 5.07. The summed E-state index contributed by atoms with van der Waals surface area (Å²) in [5, 5.41) is 8.87. The van der Waals surface area contributed by atoms with E-state index in [0.717, 1.165) is 18.1 Å². The molecule has 1 heterocycles. The van der Waals surface area contributed by atoms with Gasteiger partial charge in [0, 0.05) is 18.5 Å². The van der Waals surface area contributed by atoms with Crippen molar-refractivity contribution in [3.8, 4) is 0 Å². The van der Waals surface area contributed by atoms with Crippen LogP contribution in [0.5, 0.6) is 0 Å². The Morgan fingerprint density at radius 3 is 2.83 bits per heavy atom. The fourth-order valence-corrected chi connectivity index (χ4v) is 3.42. The predicted molar refractivity (Wildman–Crippen MR) is 76.2 cm³/mol. The minimum atomic E-state index is 0.516. The Hall–Kier alpha value is -0.540. The van der Waals surface area contributed by atoms with Crippen molar-refractivity contribution in [2.75, 3.05) is 6.54 Å². The molecule has 0 bridgehead atoms. The van der Waals surface area contributed by atoms with Gasteiger partial charge in [-0.3, -0.25) is 4.68 Å². The summed E-state index contributed by atoms with van der Waals surface area (Å²) in [7, 11) is 0. The molecule has 2 unspecified atom stereocenters. The van der Waals surface area contributed by atoms with E-state index in [0.29, 0.717) is 12.0 Å². The molecule has 1 aromatic rings. The SMILES string of the molecule is CCNC1CCCCCC1c1c(Cl)cnn1CC. The molecule has 2 atom stereocenters. The van der Waals surface area contributed by atoms with Gasteiger partial charge in [0.1, 0.15) is 0 Å². The fraction of sp³-hybridized carbons (Fsp3) is 0.786. The molecule has 18 heavy (non-hydrogen) atoms. The molecule has 3 nitrogen and oxygen atoms in total. The van der Waals surface area contributed by atoms with E-state index < -0.39 is 0 Å². The molecule has 1 aromatic heterocycles. The zero-order chi connectivity index (χ0) is 13.0. The van der Waals surface area contributed by atoms with Crippen LogP contribution in [0.25, 0.3) is 0 Å². The highest BCUT2D eigenvalue weighted by molar-refractivity contribution is 6.31. The number of hydrogen-bond donors (Lipinski definition) is 1. The van der Waals surface area contributed by atoms with Crippen molar-refractivity contribution in [2.24, 2.45) is 0 Å². The monoisotopic (exact) mass is 269 g/mol. The minimum Gasteiger partial charge on any atom is -0.314 e. The number of halogens is 1. The van der Waals surface area contributed by atoms with Gasteiger partial charge in [0.2, 0.25) is 0 Å². The molecule has 1 N–H and O–H groups in total. The molecule has 1 aliphatic carbocycles. The Bertz CT molecular complexity index is 375. The Balaban J connectivity index is 2.28. The maximum Gasteiger partial charge on any atom is 0.0821 e. The van der Waals surface area contributed by atoms with Crippen LogP contribution in [0.2, 0.25) is 5.02 Å². The second kappa shape index (κ2) is 6.58. The summed E-state index contributed by atoms with van der Waals surface area (Å²) in [6.45, 7) is 6.24. The highest BCUT2D eigenvalue weighted by Gasteiger charge is 2.28. The third-order valence-electron chi connectivity index (χ3n) is 3.97. The van der Waals surface area contributed by atoms with Gasteiger partial charge in [-0.2, -0.15) is 5.10 Å². The lowest BCUT2D eigenvalue weighted by molar-refractivity contribution is 0.397. The van der Waals surface area contributed by atoms with Gasteiger partial charge in [-0.25, -0.2) is 0 Å². The lowest BCUT2D eigenvalue weighted by Gasteiger charge is -2.27. The lowest BCUT2D eigenvalue weighted by atomic mass is 9.91. The number of likely N-dealkylation sites (N-methyl/N-ethyl adjacent to an activating group) is 1. The van der Waals surface area contributed by atoms with Crippen molar-refractivity contribution in [3.63, 3.8) is 0 Å². The fourth-order valence-electron chi connectivity index (χ4n) is 3.13. The van der Waals surface area contributed by atoms with Gasteiger partial charge in [0.15, 0.2) is 0 Å². The summed E-state index contributed by atoms with van der Waals surface area (Å²) in [6, 6.07) is 0.553. The standard InChI is InChI=1S/C14H24ClN3/c1-3-16-13-9-7-5-6-8-11(13)14-12(15)10-17-18(14)4-2/h10-11,13,16H,3-9H2,1-2H3. The van der Waals surface area contributed by atoms with Crippen LogP contribution in [0.1, 0.15) is 57.6 Å². The molecule has 2 rings (SSSR count). The number of nitrogens with one attached hydrogen (secondary N) is 1. The van der Waals surface area contributed by atoms with Crippen molar-refractivity contribution in [1.29, 1.82) is 0 Å². The summed E-state index contributed by atoms with van der Waals surface area (Å²) in [4.78, 5) is 0. The van der Waals surface area contributed by atoms with E-state index in [4.69, 9.17) is 11.6 Å². The van der Waals surface area contributed by atoms with E-state index >= 15 is 0 Å². The Labute approximate surface area is 115 Å². The molecule has 4 heteroatoms. The summed E-state index contributed by atoms with van der Waals surface area (Å²) in [5.41, 5.74) is 1.24. The van der Waals surface area contributed by atoms with Crippen molar-refractivity contribution in [2.45, 2.75) is 64.5 Å². The Morgan fingerprint density at radius 1 is 1.33 bits per heavy atom. The van der Waals surface area contributed by atoms with E-state index in [1.165, 1.54) is 37.8 Å². The number of rotatable bonds is 4. The molecular formula is C14H24ClN3. The van der Waals surface area contributed by atoms with Crippen LogP contribution in [0, 0.1) is 0 Å². The third kappa shape index (κ3) is 2.89. The first-order valence-corrected chi connectivity index (χ1v) is 7.60. The Morgan fingerprint density at radius 2 is 2.11 bits per heavy atom. The van der Waals surface area contributed by atoms with Crippen LogP contribution in [0.4, 0.5) is 0 Å². The molecule has 0 aromatic carbocycles. The highest BCUT2D eigenvalue weighted by atomic mass is 35.5. The molecular weight excluding hydrogens is 246 g/mol. The first kappa shape index (κ1) is 13.9. The summed E-state index contributed by atoms with van der Waals surface area (Å²) >= 11 is 6.36. The van der Waals surface area contributed by atoms with Gasteiger partial charge in [-0.05, 0) is 26.3 Å². The minimum absolute atomic E-state index is 0.516. The molecule has 0 spiro atoms. The first-order valence-electron chi connectivity index (χ1n) is 7.22. The summed E-state index contributed by atoms with van der Waals surface area (Å²) < 4.78 is 2.07. The van der Waals surface area contributed by atoms with Crippen LogP contribution < -0.4 is 5.32 Å². The van der Waals surface area contributed by atoms with E-state index in [-0.39, 0.29) is 0 Å². The molecule has 0 aliphatic heterocycles. The lowest BCUT2D eigenvalue weighted by Crippen LogP contribution is -2.35. The number of hydrogen-bond acceptors (Lipinski definition) is 2. The normalized spacial score (nSPS) is 25.1. The zero-order valence-electron chi connectivity index (χ0n) is 11.5. The maximum atomic E-state index is 6.36. The number of nitrogens with zero attached hydrogens (tertiary/aromatic N) is 2. The number of aromatic nitrogens is 2. The second-order valence-corrected chi connectivity index (χ2v) is 5.51. The van der Waals surface area contributed by atoms with Gasteiger partial charge >= 0.3 is 0 Å². The molecule has 1 aliphatic rings. The van der Waals surface area contributed by atoms with Crippen LogP contribution in [0.15, 0.2) is 6.20 Å². The van der Waals surface area contributed by atoms with Gasteiger partial charge in [0.25, 0.3) is 0 Å². The van der Waals surface area contributed by atoms with Crippen LogP contribution in [-0.4, -0.2) is 22.4 Å². The zero-order valence-corrected chi connectivity index (χ0v) is 12.2. The summed E-state index contributed by atoms with van der Waals surface area (Å²) in [5.74, 6) is 0.516. The number of aryl methyl sites for hydroxylation is 1. The quantitative estimate of drug-likeness (QED) is 0.847. The van der Waals surface area contributed by atoms with E-state index in [1.54, 1.807) is 6.20 Å². The molecule has 0 saturated heterocycles. The van der Waals surface area contributed by atoms with Crippen LogP contribution in [-0.2, 0) is 6.54 Å². The molecule has 1 fully saturated rings. The van der Waals surface area contributed by atoms with Gasteiger partial charge in [-0.1, -0.05) is 37.8 Å². The van der Waals surface area contributed by atoms with Gasteiger partial charge in [-0.15, -0.1) is 0 Å². The van der Waals surface area contributed by atoms with Crippen LogP contribution >= 0.6 is 11.6 Å². The first-order chi connectivity index (χ1) is 8.77. The maximum absolute atomic E-state index is 6.36. The summed E-state index contributed by atoms with van der Waals surface area (Å²) in [6.07, 6.45) is 8.25. The smallest absolute Gasteiger partial charge is 0.0821 e. The molecule has 0 radical (unpaired) electrons. The van der Waals surface area contributed by atoms with Crippen molar-refractivity contribution >= 4 is 11.6 Å². The molecule has 0 amide bonds.